The quantitative estimate of drug-likeness (QED) is 0.361. The predicted molar refractivity (Wildman–Crippen MR) is 118 cm³/mol. The minimum atomic E-state index is 0.297. The molecule has 0 heteroatoms. The molecule has 0 heterocycles. The van der Waals surface area contributed by atoms with Crippen LogP contribution in [0.5, 0.6) is 0 Å². The third-order valence-corrected chi connectivity index (χ3v) is 6.09. The number of benzene rings is 4. The number of hydrogen-bond acceptors (Lipinski definition) is 0. The summed E-state index contributed by atoms with van der Waals surface area (Å²) in [7, 11) is 0. The highest BCUT2D eigenvalue weighted by Gasteiger charge is 2.35. The number of aryl methyl sites for hydroxylation is 2. The van der Waals surface area contributed by atoms with Gasteiger partial charge in [-0.15, -0.1) is 0 Å². The van der Waals surface area contributed by atoms with E-state index in [0.29, 0.717) is 11.8 Å². The monoisotopic (exact) mass is 360 g/mol. The summed E-state index contributed by atoms with van der Waals surface area (Å²) >= 11 is 0. The normalized spacial score (nSPS) is 12.8. The lowest BCUT2D eigenvalue weighted by Crippen LogP contribution is -2.12. The Morgan fingerprint density at radius 3 is 1.32 bits per heavy atom. The number of fused-ring (bicyclic) bond motifs is 3. The molecule has 1 aliphatic rings. The van der Waals surface area contributed by atoms with Crippen molar-refractivity contribution in [3.63, 3.8) is 0 Å². The summed E-state index contributed by atoms with van der Waals surface area (Å²) < 4.78 is 0. The van der Waals surface area contributed by atoms with Crippen LogP contribution in [-0.4, -0.2) is 0 Å². The van der Waals surface area contributed by atoms with Gasteiger partial charge in [-0.05, 0) is 47.2 Å². The van der Waals surface area contributed by atoms with Crippen molar-refractivity contribution in [3.8, 4) is 11.1 Å². The largest absolute Gasteiger partial charge is 0.0619 e. The summed E-state index contributed by atoms with van der Waals surface area (Å²) in [6, 6.07) is 36.0. The molecule has 0 radical (unpaired) electrons. The van der Waals surface area contributed by atoms with Gasteiger partial charge in [0.05, 0.1) is 0 Å². The SMILES string of the molecule is Cc1ccc(C(c2ccc(C)cc2)C2c3ccccc3-c3ccccc32)cc1. The zero-order chi connectivity index (χ0) is 19.1. The maximum Gasteiger partial charge on any atom is 0.0211 e. The van der Waals surface area contributed by atoms with Crippen LogP contribution in [0.4, 0.5) is 0 Å². The molecule has 0 amide bonds. The second-order valence-corrected chi connectivity index (χ2v) is 7.95. The Morgan fingerprint density at radius 1 is 0.500 bits per heavy atom. The molecule has 0 fully saturated rings. The van der Waals surface area contributed by atoms with E-state index in [-0.39, 0.29) is 0 Å². The van der Waals surface area contributed by atoms with Crippen molar-refractivity contribution in [3.05, 3.63) is 130 Å². The highest BCUT2D eigenvalue weighted by Crippen LogP contribution is 2.52. The van der Waals surface area contributed by atoms with Crippen LogP contribution in [0.25, 0.3) is 11.1 Å². The Bertz CT molecular complexity index is 1030. The van der Waals surface area contributed by atoms with Gasteiger partial charge in [-0.3, -0.25) is 0 Å². The van der Waals surface area contributed by atoms with E-state index < -0.39 is 0 Å². The van der Waals surface area contributed by atoms with Gasteiger partial charge < -0.3 is 0 Å². The van der Waals surface area contributed by atoms with Crippen molar-refractivity contribution in [2.24, 2.45) is 0 Å². The molecule has 28 heavy (non-hydrogen) atoms. The molecule has 0 atom stereocenters. The van der Waals surface area contributed by atoms with E-state index in [1.54, 1.807) is 0 Å². The van der Waals surface area contributed by atoms with Crippen LogP contribution in [0.15, 0.2) is 97.1 Å². The van der Waals surface area contributed by atoms with Gasteiger partial charge in [0, 0.05) is 11.8 Å². The summed E-state index contributed by atoms with van der Waals surface area (Å²) in [5.41, 5.74) is 11.0. The van der Waals surface area contributed by atoms with Crippen molar-refractivity contribution in [1.82, 2.24) is 0 Å². The van der Waals surface area contributed by atoms with Gasteiger partial charge in [-0.2, -0.15) is 0 Å². The van der Waals surface area contributed by atoms with Crippen molar-refractivity contribution in [2.75, 3.05) is 0 Å². The highest BCUT2D eigenvalue weighted by molar-refractivity contribution is 5.79. The Kier molecular flexibility index (Phi) is 4.13. The summed E-state index contributed by atoms with van der Waals surface area (Å²) in [6.07, 6.45) is 0. The second kappa shape index (κ2) is 6.80. The van der Waals surface area contributed by atoms with Crippen LogP contribution < -0.4 is 0 Å². The number of hydrogen-bond donors (Lipinski definition) is 0. The predicted octanol–water partition coefficient (Wildman–Crippen LogP) is 7.25. The summed E-state index contributed by atoms with van der Waals surface area (Å²) in [5, 5.41) is 0. The molecule has 1 aliphatic carbocycles. The van der Waals surface area contributed by atoms with Crippen molar-refractivity contribution in [1.29, 1.82) is 0 Å². The van der Waals surface area contributed by atoms with E-state index in [2.05, 4.69) is 111 Å². The molecular formula is C28H24. The highest BCUT2D eigenvalue weighted by atomic mass is 14.4. The van der Waals surface area contributed by atoms with Crippen LogP contribution in [0.1, 0.15) is 45.2 Å². The minimum absolute atomic E-state index is 0.297. The summed E-state index contributed by atoms with van der Waals surface area (Å²) in [6.45, 7) is 4.32. The topological polar surface area (TPSA) is 0 Å². The first-order chi connectivity index (χ1) is 13.7. The van der Waals surface area contributed by atoms with E-state index in [1.165, 1.54) is 44.5 Å². The average molecular weight is 361 g/mol. The molecule has 0 nitrogen and oxygen atoms in total. The molecule has 0 aromatic heterocycles. The first-order valence-corrected chi connectivity index (χ1v) is 10.0. The maximum atomic E-state index is 2.31. The second-order valence-electron chi connectivity index (χ2n) is 7.95. The molecule has 0 N–H and O–H groups in total. The number of rotatable bonds is 3. The van der Waals surface area contributed by atoms with Gasteiger partial charge in [0.15, 0.2) is 0 Å². The van der Waals surface area contributed by atoms with Crippen LogP contribution in [0.2, 0.25) is 0 Å². The molecule has 4 aromatic rings. The lowest BCUT2D eigenvalue weighted by Gasteiger charge is -2.27. The smallest absolute Gasteiger partial charge is 0.0211 e. The zero-order valence-electron chi connectivity index (χ0n) is 16.4. The third kappa shape index (κ3) is 2.77. The third-order valence-electron chi connectivity index (χ3n) is 6.09. The lowest BCUT2D eigenvalue weighted by atomic mass is 9.75. The molecule has 5 rings (SSSR count). The molecule has 0 saturated heterocycles. The van der Waals surface area contributed by atoms with E-state index >= 15 is 0 Å². The van der Waals surface area contributed by atoms with Gasteiger partial charge in [-0.1, -0.05) is 108 Å². The van der Waals surface area contributed by atoms with Crippen LogP contribution >= 0.6 is 0 Å². The molecule has 136 valence electrons. The standard InChI is InChI=1S/C28H24/c1-19-11-15-21(16-12-19)27(22-17-13-20(2)14-18-22)28-25-9-5-3-7-23(25)24-8-4-6-10-26(24)28/h3-18,27-28H,1-2H3. The molecule has 4 aromatic carbocycles. The van der Waals surface area contributed by atoms with Crippen LogP contribution in [0.3, 0.4) is 0 Å². The summed E-state index contributed by atoms with van der Waals surface area (Å²) in [5.74, 6) is 0.629. The van der Waals surface area contributed by atoms with Gasteiger partial charge in [0.1, 0.15) is 0 Å². The van der Waals surface area contributed by atoms with Crippen LogP contribution in [-0.2, 0) is 0 Å². The van der Waals surface area contributed by atoms with Crippen molar-refractivity contribution in [2.45, 2.75) is 25.7 Å². The molecule has 0 bridgehead atoms. The zero-order valence-corrected chi connectivity index (χ0v) is 16.4. The van der Waals surface area contributed by atoms with Crippen LogP contribution in [0, 0.1) is 13.8 Å². The Labute approximate surface area is 167 Å². The Hall–Kier alpha value is -3.12. The Balaban J connectivity index is 1.75. The van der Waals surface area contributed by atoms with Crippen molar-refractivity contribution < 1.29 is 0 Å². The molecular weight excluding hydrogens is 336 g/mol. The minimum Gasteiger partial charge on any atom is -0.0619 e. The lowest BCUT2D eigenvalue weighted by molar-refractivity contribution is 0.708. The van der Waals surface area contributed by atoms with Gasteiger partial charge in [0.25, 0.3) is 0 Å². The van der Waals surface area contributed by atoms with E-state index in [1.807, 2.05) is 0 Å². The first-order valence-electron chi connectivity index (χ1n) is 10.0. The first kappa shape index (κ1) is 17.0. The van der Waals surface area contributed by atoms with E-state index in [4.69, 9.17) is 0 Å². The molecule has 0 saturated carbocycles. The molecule has 0 spiro atoms. The molecule has 0 aliphatic heterocycles. The van der Waals surface area contributed by atoms with Gasteiger partial charge in [-0.25, -0.2) is 0 Å². The fraction of sp³-hybridized carbons (Fsp3) is 0.143. The summed E-state index contributed by atoms with van der Waals surface area (Å²) in [4.78, 5) is 0. The van der Waals surface area contributed by atoms with E-state index in [9.17, 15) is 0 Å². The fourth-order valence-corrected chi connectivity index (χ4v) is 4.68. The van der Waals surface area contributed by atoms with Crippen molar-refractivity contribution >= 4 is 0 Å². The molecule has 0 unspecified atom stereocenters. The average Bonchev–Trinajstić information content (AvgIpc) is 3.06. The Morgan fingerprint density at radius 2 is 0.893 bits per heavy atom. The van der Waals surface area contributed by atoms with Gasteiger partial charge >= 0.3 is 0 Å². The van der Waals surface area contributed by atoms with E-state index in [0.717, 1.165) is 0 Å². The van der Waals surface area contributed by atoms with Gasteiger partial charge in [0.2, 0.25) is 0 Å². The fourth-order valence-electron chi connectivity index (χ4n) is 4.68. The maximum absolute atomic E-state index is 2.31.